The first-order valence-electron chi connectivity index (χ1n) is 12.8. The molecule has 0 spiro atoms. The lowest BCUT2D eigenvalue weighted by atomic mass is 9.66. The van der Waals surface area contributed by atoms with Crippen LogP contribution < -0.4 is 0 Å². The SMILES string of the molecule is CC1(C)C2(C(=O)N3CCN(CCOC(c4ccccc4)c4ccccc4)CC3)CC[C@@]1(C)C(=O)O2. The molecule has 0 aromatic heterocycles. The first-order chi connectivity index (χ1) is 16.8. The maximum atomic E-state index is 13.6. The van der Waals surface area contributed by atoms with Crippen LogP contribution in [-0.4, -0.2) is 66.6 Å². The minimum Gasteiger partial charge on any atom is -0.448 e. The number of nitrogens with zero attached hydrogens (tertiary/aromatic N) is 2. The van der Waals surface area contributed by atoms with Gasteiger partial charge in [0.1, 0.15) is 6.10 Å². The van der Waals surface area contributed by atoms with Crippen molar-refractivity contribution < 1.29 is 19.1 Å². The molecule has 5 rings (SSSR count). The van der Waals surface area contributed by atoms with E-state index in [0.717, 1.165) is 30.8 Å². The van der Waals surface area contributed by atoms with Crippen molar-refractivity contribution >= 4 is 11.9 Å². The molecule has 0 radical (unpaired) electrons. The fraction of sp³-hybridized carbons (Fsp3) is 0.517. The predicted octanol–water partition coefficient (Wildman–Crippen LogP) is 4.06. The van der Waals surface area contributed by atoms with Crippen LogP contribution in [0.5, 0.6) is 0 Å². The molecule has 2 aromatic carbocycles. The van der Waals surface area contributed by atoms with Crippen molar-refractivity contribution in [2.24, 2.45) is 10.8 Å². The summed E-state index contributed by atoms with van der Waals surface area (Å²) in [5.74, 6) is -0.231. The van der Waals surface area contributed by atoms with Gasteiger partial charge < -0.3 is 14.4 Å². The van der Waals surface area contributed by atoms with Gasteiger partial charge in [0.05, 0.1) is 12.0 Å². The Labute approximate surface area is 208 Å². The minimum atomic E-state index is -1.01. The summed E-state index contributed by atoms with van der Waals surface area (Å²) in [5.41, 5.74) is 0.207. The number of rotatable bonds is 7. The van der Waals surface area contributed by atoms with Crippen LogP contribution in [0.1, 0.15) is 50.8 Å². The molecule has 186 valence electrons. The van der Waals surface area contributed by atoms with E-state index in [0.29, 0.717) is 32.5 Å². The monoisotopic (exact) mass is 476 g/mol. The number of ether oxygens (including phenoxy) is 2. The van der Waals surface area contributed by atoms with Crippen LogP contribution in [0, 0.1) is 10.8 Å². The number of esters is 1. The van der Waals surface area contributed by atoms with Crippen LogP contribution in [0.15, 0.2) is 60.7 Å². The summed E-state index contributed by atoms with van der Waals surface area (Å²) in [7, 11) is 0. The van der Waals surface area contributed by atoms with Gasteiger partial charge in [0.25, 0.3) is 5.91 Å². The summed E-state index contributed by atoms with van der Waals surface area (Å²) in [6, 6.07) is 20.6. The van der Waals surface area contributed by atoms with E-state index in [1.807, 2.05) is 62.1 Å². The maximum Gasteiger partial charge on any atom is 0.313 e. The zero-order chi connectivity index (χ0) is 24.7. The van der Waals surface area contributed by atoms with Gasteiger partial charge in [0.15, 0.2) is 5.60 Å². The molecular formula is C29H36N2O4. The number of carbonyl (C=O) groups is 2. The fourth-order valence-corrected chi connectivity index (χ4v) is 6.09. The van der Waals surface area contributed by atoms with Gasteiger partial charge in [0.2, 0.25) is 0 Å². The van der Waals surface area contributed by atoms with Gasteiger partial charge in [-0.3, -0.25) is 14.5 Å². The first-order valence-corrected chi connectivity index (χ1v) is 12.8. The van der Waals surface area contributed by atoms with Crippen LogP contribution in [0.25, 0.3) is 0 Å². The Balaban J connectivity index is 1.17. The lowest BCUT2D eigenvalue weighted by Gasteiger charge is -2.42. The second-order valence-electron chi connectivity index (χ2n) is 10.9. The molecule has 2 aromatic rings. The summed E-state index contributed by atoms with van der Waals surface area (Å²) in [6.45, 7) is 10.3. The summed E-state index contributed by atoms with van der Waals surface area (Å²) >= 11 is 0. The molecule has 1 unspecified atom stereocenters. The third-order valence-electron chi connectivity index (χ3n) is 8.99. The Morgan fingerprint density at radius 3 is 1.97 bits per heavy atom. The van der Waals surface area contributed by atoms with E-state index in [-0.39, 0.29) is 18.0 Å². The Morgan fingerprint density at radius 2 is 1.49 bits per heavy atom. The molecule has 1 aliphatic carbocycles. The molecule has 35 heavy (non-hydrogen) atoms. The molecule has 2 saturated heterocycles. The highest BCUT2D eigenvalue weighted by Gasteiger charge is 2.76. The minimum absolute atomic E-state index is 0.0128. The fourth-order valence-electron chi connectivity index (χ4n) is 6.09. The summed E-state index contributed by atoms with van der Waals surface area (Å²) in [4.78, 5) is 30.4. The molecule has 3 fully saturated rings. The predicted molar refractivity (Wildman–Crippen MR) is 134 cm³/mol. The second-order valence-corrected chi connectivity index (χ2v) is 10.9. The third-order valence-corrected chi connectivity index (χ3v) is 8.99. The topological polar surface area (TPSA) is 59.1 Å². The van der Waals surface area contributed by atoms with Crippen molar-refractivity contribution in [2.45, 2.75) is 45.3 Å². The molecule has 3 aliphatic rings. The lowest BCUT2D eigenvalue weighted by molar-refractivity contribution is -0.175. The van der Waals surface area contributed by atoms with Crippen LogP contribution in [0.2, 0.25) is 0 Å². The highest BCUT2D eigenvalue weighted by atomic mass is 16.6. The Kier molecular flexibility index (Phi) is 6.22. The van der Waals surface area contributed by atoms with E-state index in [2.05, 4.69) is 29.2 Å². The average Bonchev–Trinajstić information content (AvgIpc) is 3.18. The molecule has 1 saturated carbocycles. The maximum absolute atomic E-state index is 13.6. The molecule has 1 amide bonds. The number of hydrogen-bond donors (Lipinski definition) is 0. The molecule has 2 aliphatic heterocycles. The van der Waals surface area contributed by atoms with Gasteiger partial charge in [0, 0.05) is 38.1 Å². The lowest BCUT2D eigenvalue weighted by Crippen LogP contribution is -2.59. The van der Waals surface area contributed by atoms with Crippen molar-refractivity contribution in [2.75, 3.05) is 39.3 Å². The van der Waals surface area contributed by atoms with Crippen molar-refractivity contribution in [1.29, 1.82) is 0 Å². The van der Waals surface area contributed by atoms with Gasteiger partial charge in [-0.25, -0.2) is 0 Å². The van der Waals surface area contributed by atoms with Crippen LogP contribution in [0.4, 0.5) is 0 Å². The zero-order valence-corrected chi connectivity index (χ0v) is 21.0. The molecule has 0 N–H and O–H groups in total. The number of benzene rings is 2. The van der Waals surface area contributed by atoms with E-state index in [9.17, 15) is 9.59 Å². The molecule has 2 bridgehead atoms. The number of amides is 1. The largest absolute Gasteiger partial charge is 0.448 e. The van der Waals surface area contributed by atoms with Crippen molar-refractivity contribution in [3.05, 3.63) is 71.8 Å². The first kappa shape index (κ1) is 24.0. The molecular weight excluding hydrogens is 440 g/mol. The van der Waals surface area contributed by atoms with Crippen molar-refractivity contribution in [1.82, 2.24) is 9.80 Å². The van der Waals surface area contributed by atoms with Gasteiger partial charge in [-0.15, -0.1) is 0 Å². The Hall–Kier alpha value is -2.70. The van der Waals surface area contributed by atoms with Gasteiger partial charge in [-0.1, -0.05) is 74.5 Å². The van der Waals surface area contributed by atoms with E-state index in [1.165, 1.54) is 0 Å². The van der Waals surface area contributed by atoms with E-state index < -0.39 is 16.4 Å². The van der Waals surface area contributed by atoms with Gasteiger partial charge in [-0.05, 0) is 30.9 Å². The number of fused-ring (bicyclic) bond motifs is 2. The van der Waals surface area contributed by atoms with E-state index in [1.54, 1.807) is 0 Å². The smallest absolute Gasteiger partial charge is 0.313 e. The summed E-state index contributed by atoms with van der Waals surface area (Å²) in [6.07, 6.45) is 1.23. The van der Waals surface area contributed by atoms with Crippen LogP contribution >= 0.6 is 0 Å². The van der Waals surface area contributed by atoms with Crippen molar-refractivity contribution in [3.63, 3.8) is 0 Å². The molecule has 2 atom stereocenters. The number of carbonyl (C=O) groups excluding carboxylic acids is 2. The van der Waals surface area contributed by atoms with E-state index >= 15 is 0 Å². The van der Waals surface area contributed by atoms with Crippen LogP contribution in [-0.2, 0) is 19.1 Å². The number of hydrogen-bond acceptors (Lipinski definition) is 5. The van der Waals surface area contributed by atoms with E-state index in [4.69, 9.17) is 9.47 Å². The highest BCUT2D eigenvalue weighted by Crippen LogP contribution is 2.66. The number of piperazine rings is 1. The third kappa shape index (κ3) is 3.87. The van der Waals surface area contributed by atoms with Gasteiger partial charge in [-0.2, -0.15) is 0 Å². The zero-order valence-electron chi connectivity index (χ0n) is 21.0. The highest BCUT2D eigenvalue weighted by molar-refractivity contribution is 5.96. The Bertz CT molecular complexity index is 1030. The summed E-state index contributed by atoms with van der Waals surface area (Å²) < 4.78 is 12.2. The standard InChI is InChI=1S/C29H36N2O4/c1-27(2)28(3)14-15-29(27,35-26(28)33)25(32)31-18-16-30(17-19-31)20-21-34-24(22-10-6-4-7-11-22)23-12-8-5-9-13-23/h4-13,24H,14-21H2,1-3H3/t28-,29?/m0/s1. The molecule has 6 nitrogen and oxygen atoms in total. The average molecular weight is 477 g/mol. The second kappa shape index (κ2) is 9.07. The normalized spacial score (nSPS) is 27.9. The summed E-state index contributed by atoms with van der Waals surface area (Å²) in [5, 5.41) is 0. The van der Waals surface area contributed by atoms with Crippen molar-refractivity contribution in [3.8, 4) is 0 Å². The Morgan fingerprint density at radius 1 is 0.914 bits per heavy atom. The van der Waals surface area contributed by atoms with Gasteiger partial charge >= 0.3 is 5.97 Å². The van der Waals surface area contributed by atoms with Crippen LogP contribution in [0.3, 0.4) is 0 Å². The molecule has 2 heterocycles. The molecule has 6 heteroatoms. The quantitative estimate of drug-likeness (QED) is 0.564.